The highest BCUT2D eigenvalue weighted by molar-refractivity contribution is 7.99. The zero-order valence-electron chi connectivity index (χ0n) is 11.5. The van der Waals surface area contributed by atoms with Crippen LogP contribution in [0.1, 0.15) is 25.8 Å². The van der Waals surface area contributed by atoms with Gasteiger partial charge in [-0.05, 0) is 35.3 Å². The van der Waals surface area contributed by atoms with Crippen molar-refractivity contribution in [1.82, 2.24) is 5.32 Å². The maximum absolute atomic E-state index is 5.26. The van der Waals surface area contributed by atoms with Crippen molar-refractivity contribution in [3.63, 3.8) is 0 Å². The van der Waals surface area contributed by atoms with Crippen molar-refractivity contribution >= 4 is 11.8 Å². The molecule has 0 spiro atoms. The minimum atomic E-state index is 0.407. The second kappa shape index (κ2) is 5.98. The van der Waals surface area contributed by atoms with Crippen molar-refractivity contribution in [3.8, 4) is 5.75 Å². The van der Waals surface area contributed by atoms with Gasteiger partial charge in [0.2, 0.25) is 0 Å². The molecule has 0 radical (unpaired) electrons. The van der Waals surface area contributed by atoms with Crippen molar-refractivity contribution in [2.24, 2.45) is 5.41 Å². The van der Waals surface area contributed by atoms with E-state index in [0.29, 0.717) is 11.5 Å². The Hall–Kier alpha value is -0.670. The smallest absolute Gasteiger partial charge is 0.119 e. The van der Waals surface area contributed by atoms with E-state index in [0.717, 1.165) is 12.3 Å². The molecule has 0 bridgehead atoms. The van der Waals surface area contributed by atoms with Crippen LogP contribution in [0.2, 0.25) is 0 Å². The minimum Gasteiger partial charge on any atom is -0.497 e. The molecule has 1 aliphatic heterocycles. The highest BCUT2D eigenvalue weighted by atomic mass is 32.2. The maximum atomic E-state index is 5.26. The Bertz CT molecular complexity index is 392. The molecule has 3 heteroatoms. The van der Waals surface area contributed by atoms with Gasteiger partial charge in [-0.25, -0.2) is 0 Å². The lowest BCUT2D eigenvalue weighted by molar-refractivity contribution is 0.245. The molecule has 1 aromatic carbocycles. The van der Waals surface area contributed by atoms with Gasteiger partial charge in [0, 0.05) is 18.3 Å². The van der Waals surface area contributed by atoms with Crippen LogP contribution in [0.3, 0.4) is 0 Å². The largest absolute Gasteiger partial charge is 0.497 e. The molecule has 0 amide bonds. The monoisotopic (exact) mass is 265 g/mol. The van der Waals surface area contributed by atoms with Crippen molar-refractivity contribution in [2.75, 3.05) is 18.6 Å². The molecule has 1 N–H and O–H groups in total. The number of nitrogens with one attached hydrogen (secondary N) is 1. The lowest BCUT2D eigenvalue weighted by atomic mass is 9.82. The lowest BCUT2D eigenvalue weighted by Crippen LogP contribution is -2.46. The van der Waals surface area contributed by atoms with Gasteiger partial charge in [-0.1, -0.05) is 26.0 Å². The summed E-state index contributed by atoms with van der Waals surface area (Å²) >= 11 is 2.06. The van der Waals surface area contributed by atoms with Gasteiger partial charge in [-0.2, -0.15) is 11.8 Å². The quantitative estimate of drug-likeness (QED) is 0.902. The zero-order valence-corrected chi connectivity index (χ0v) is 12.3. The van der Waals surface area contributed by atoms with Crippen LogP contribution in [0.5, 0.6) is 5.75 Å². The van der Waals surface area contributed by atoms with Gasteiger partial charge in [0.25, 0.3) is 0 Å². The molecule has 1 saturated heterocycles. The van der Waals surface area contributed by atoms with Gasteiger partial charge in [0.05, 0.1) is 7.11 Å². The predicted molar refractivity (Wildman–Crippen MR) is 79.3 cm³/mol. The lowest BCUT2D eigenvalue weighted by Gasteiger charge is -2.39. The number of hydrogen-bond donors (Lipinski definition) is 1. The Balaban J connectivity index is 1.94. The molecule has 1 fully saturated rings. The third-order valence-corrected chi connectivity index (χ3v) is 4.87. The molecule has 18 heavy (non-hydrogen) atoms. The van der Waals surface area contributed by atoms with Crippen LogP contribution in [0.15, 0.2) is 24.3 Å². The van der Waals surface area contributed by atoms with E-state index in [9.17, 15) is 0 Å². The van der Waals surface area contributed by atoms with E-state index >= 15 is 0 Å². The fourth-order valence-corrected chi connectivity index (χ4v) is 3.94. The Morgan fingerprint density at radius 1 is 1.44 bits per heavy atom. The Morgan fingerprint density at radius 3 is 3.00 bits per heavy atom. The van der Waals surface area contributed by atoms with Crippen molar-refractivity contribution in [1.29, 1.82) is 0 Å². The molecule has 1 aromatic rings. The number of benzene rings is 1. The number of methoxy groups -OCH3 is 1. The molecular weight excluding hydrogens is 242 g/mol. The molecule has 1 atom stereocenters. The Kier molecular flexibility index (Phi) is 4.57. The van der Waals surface area contributed by atoms with E-state index in [1.807, 2.05) is 6.07 Å². The molecule has 1 heterocycles. The first-order valence-corrected chi connectivity index (χ1v) is 7.71. The Morgan fingerprint density at radius 2 is 2.28 bits per heavy atom. The third-order valence-electron chi connectivity index (χ3n) is 3.81. The SMILES string of the molecule is COc1cccc(CNC2CSCCC2(C)C)c1. The van der Waals surface area contributed by atoms with Crippen LogP contribution >= 0.6 is 11.8 Å². The van der Waals surface area contributed by atoms with E-state index in [-0.39, 0.29) is 0 Å². The first-order chi connectivity index (χ1) is 8.62. The molecule has 0 saturated carbocycles. The van der Waals surface area contributed by atoms with E-state index in [1.54, 1.807) is 7.11 Å². The van der Waals surface area contributed by atoms with Gasteiger partial charge in [-0.3, -0.25) is 0 Å². The second-order valence-electron chi connectivity index (χ2n) is 5.60. The van der Waals surface area contributed by atoms with Crippen molar-refractivity contribution in [2.45, 2.75) is 32.9 Å². The van der Waals surface area contributed by atoms with Gasteiger partial charge >= 0.3 is 0 Å². The summed E-state index contributed by atoms with van der Waals surface area (Å²) in [7, 11) is 1.72. The summed E-state index contributed by atoms with van der Waals surface area (Å²) < 4.78 is 5.26. The molecule has 2 rings (SSSR count). The van der Waals surface area contributed by atoms with Crippen molar-refractivity contribution in [3.05, 3.63) is 29.8 Å². The highest BCUT2D eigenvalue weighted by Gasteiger charge is 2.31. The van der Waals surface area contributed by atoms with Crippen LogP contribution < -0.4 is 10.1 Å². The zero-order chi connectivity index (χ0) is 13.0. The number of hydrogen-bond acceptors (Lipinski definition) is 3. The molecule has 0 aromatic heterocycles. The third kappa shape index (κ3) is 3.42. The summed E-state index contributed by atoms with van der Waals surface area (Å²) in [4.78, 5) is 0. The summed E-state index contributed by atoms with van der Waals surface area (Å²) in [6, 6.07) is 8.90. The average Bonchev–Trinajstić information content (AvgIpc) is 2.37. The molecule has 100 valence electrons. The summed E-state index contributed by atoms with van der Waals surface area (Å²) in [6.45, 7) is 5.66. The first-order valence-electron chi connectivity index (χ1n) is 6.56. The van der Waals surface area contributed by atoms with Gasteiger partial charge in [0.15, 0.2) is 0 Å². The average molecular weight is 265 g/mol. The number of ether oxygens (including phenoxy) is 1. The van der Waals surface area contributed by atoms with E-state index < -0.39 is 0 Å². The fraction of sp³-hybridized carbons (Fsp3) is 0.600. The van der Waals surface area contributed by atoms with E-state index in [4.69, 9.17) is 4.74 Å². The summed E-state index contributed by atoms with van der Waals surface area (Å²) in [5, 5.41) is 3.70. The Labute approximate surface area is 114 Å². The molecule has 2 nitrogen and oxygen atoms in total. The topological polar surface area (TPSA) is 21.3 Å². The maximum Gasteiger partial charge on any atom is 0.119 e. The van der Waals surface area contributed by atoms with Crippen LogP contribution in [0.25, 0.3) is 0 Å². The van der Waals surface area contributed by atoms with Crippen LogP contribution in [0.4, 0.5) is 0 Å². The van der Waals surface area contributed by atoms with Crippen molar-refractivity contribution < 1.29 is 4.74 Å². The second-order valence-corrected chi connectivity index (χ2v) is 6.75. The number of thioether (sulfide) groups is 1. The predicted octanol–water partition coefficient (Wildman–Crippen LogP) is 3.32. The van der Waals surface area contributed by atoms with Gasteiger partial charge in [-0.15, -0.1) is 0 Å². The summed E-state index contributed by atoms with van der Waals surface area (Å²) in [5.41, 5.74) is 1.70. The number of rotatable bonds is 4. The normalized spacial score (nSPS) is 22.7. The van der Waals surface area contributed by atoms with E-state index in [2.05, 4.69) is 49.1 Å². The van der Waals surface area contributed by atoms with Gasteiger partial charge < -0.3 is 10.1 Å². The first kappa shape index (κ1) is 13.8. The van der Waals surface area contributed by atoms with E-state index in [1.165, 1.54) is 23.5 Å². The summed E-state index contributed by atoms with van der Waals surface area (Å²) in [5.74, 6) is 3.45. The van der Waals surface area contributed by atoms with Crippen LogP contribution in [0, 0.1) is 5.41 Å². The molecular formula is C15H23NOS. The summed E-state index contributed by atoms with van der Waals surface area (Å²) in [6.07, 6.45) is 1.30. The minimum absolute atomic E-state index is 0.407. The molecule has 0 aliphatic carbocycles. The standard InChI is InChI=1S/C15H23NOS/c1-15(2)7-8-18-11-14(15)16-10-12-5-4-6-13(9-12)17-3/h4-6,9,14,16H,7-8,10-11H2,1-3H3. The highest BCUT2D eigenvalue weighted by Crippen LogP contribution is 2.34. The fourth-order valence-electron chi connectivity index (χ4n) is 2.29. The van der Waals surface area contributed by atoms with Gasteiger partial charge in [0.1, 0.15) is 5.75 Å². The molecule has 1 unspecified atom stereocenters. The molecule has 1 aliphatic rings. The van der Waals surface area contributed by atoms with Crippen LogP contribution in [-0.4, -0.2) is 24.7 Å². The van der Waals surface area contributed by atoms with Crippen LogP contribution in [-0.2, 0) is 6.54 Å².